The van der Waals surface area contributed by atoms with Gasteiger partial charge in [0.2, 0.25) is 6.19 Å². The zero-order valence-corrected chi connectivity index (χ0v) is 14.6. The first-order valence-corrected chi connectivity index (χ1v) is 9.60. The molecule has 0 saturated heterocycles. The van der Waals surface area contributed by atoms with Crippen LogP contribution in [-0.2, 0) is 16.1 Å². The van der Waals surface area contributed by atoms with Crippen LogP contribution < -0.4 is 4.74 Å². The van der Waals surface area contributed by atoms with Crippen molar-refractivity contribution < 1.29 is 18.4 Å². The van der Waals surface area contributed by atoms with Crippen LogP contribution in [0.4, 0.5) is 4.39 Å². The molecule has 1 unspecified atom stereocenters. The van der Waals surface area contributed by atoms with E-state index in [1.165, 1.54) is 18.4 Å². The summed E-state index contributed by atoms with van der Waals surface area (Å²) in [6.45, 7) is 0. The van der Waals surface area contributed by atoms with Gasteiger partial charge in [-0.25, -0.2) is 8.60 Å². The molecule has 0 saturated carbocycles. The first kappa shape index (κ1) is 17.9. The summed E-state index contributed by atoms with van der Waals surface area (Å²) in [5.74, 6) is -0.0736. The van der Waals surface area contributed by atoms with Crippen LogP contribution in [0.15, 0.2) is 39.6 Å². The lowest BCUT2D eigenvalue weighted by Crippen LogP contribution is -2.05. The Kier molecular flexibility index (Phi) is 4.64. The lowest BCUT2D eigenvalue weighted by atomic mass is 10.1. The molecule has 0 spiro atoms. The number of rotatable bonds is 3. The Bertz CT molecular complexity index is 1090. The van der Waals surface area contributed by atoms with E-state index in [4.69, 9.17) is 15.3 Å². The van der Waals surface area contributed by atoms with E-state index >= 15 is 0 Å². The normalized spacial score (nSPS) is 17.5. The van der Waals surface area contributed by atoms with Gasteiger partial charge in [0.15, 0.2) is 0 Å². The van der Waals surface area contributed by atoms with Crippen molar-refractivity contribution in [2.75, 3.05) is 6.26 Å². The quantitative estimate of drug-likeness (QED) is 0.832. The summed E-state index contributed by atoms with van der Waals surface area (Å²) in [4.78, 5) is 0.295. The molecule has 2 atom stereocenters. The molecule has 8 heteroatoms. The summed E-state index contributed by atoms with van der Waals surface area (Å²) in [5, 5.41) is 28.0. The van der Waals surface area contributed by atoms with Crippen LogP contribution in [0.3, 0.4) is 0 Å². The van der Waals surface area contributed by atoms with Gasteiger partial charge in [-0.15, -0.1) is 4.36 Å². The predicted octanol–water partition coefficient (Wildman–Crippen LogP) is 3.41. The Morgan fingerprint density at radius 3 is 2.81 bits per heavy atom. The summed E-state index contributed by atoms with van der Waals surface area (Å²) in [6.07, 6.45) is 2.93. The molecule has 132 valence electrons. The molecule has 2 aromatic carbocycles. The second-order valence-electron chi connectivity index (χ2n) is 5.89. The molecule has 0 fully saturated rings. The van der Waals surface area contributed by atoms with Gasteiger partial charge in [-0.3, -0.25) is 0 Å². The van der Waals surface area contributed by atoms with E-state index in [1.54, 1.807) is 12.3 Å². The summed E-state index contributed by atoms with van der Waals surface area (Å²) < 4.78 is 35.5. The molecule has 3 rings (SSSR count). The van der Waals surface area contributed by atoms with Gasteiger partial charge in [0.05, 0.1) is 32.4 Å². The highest BCUT2D eigenvalue weighted by atomic mass is 32.2. The number of hydrogen-bond donors (Lipinski definition) is 1. The Morgan fingerprint density at radius 2 is 2.12 bits per heavy atom. The van der Waals surface area contributed by atoms with Crippen molar-refractivity contribution in [1.29, 1.82) is 10.5 Å². The predicted molar refractivity (Wildman–Crippen MR) is 91.3 cm³/mol. The molecule has 1 aliphatic rings. The minimum Gasteiger partial charge on any atom is -0.457 e. The van der Waals surface area contributed by atoms with E-state index in [1.807, 2.05) is 6.07 Å². The molecule has 0 aromatic heterocycles. The molecular weight excluding hydrogens is 357 g/mol. The van der Waals surface area contributed by atoms with Crippen molar-refractivity contribution in [3.05, 3.63) is 52.8 Å². The number of aliphatic hydroxyl groups excluding tert-OH is 1. The maximum absolute atomic E-state index is 13.6. The fraction of sp³-hybridized carbons (Fsp3) is 0.222. The van der Waals surface area contributed by atoms with Gasteiger partial charge in [-0.1, -0.05) is 0 Å². The molecule has 0 aliphatic heterocycles. The summed E-state index contributed by atoms with van der Waals surface area (Å²) in [7, 11) is -2.98. The van der Waals surface area contributed by atoms with E-state index in [0.29, 0.717) is 34.6 Å². The van der Waals surface area contributed by atoms with Gasteiger partial charge in [0, 0.05) is 23.4 Å². The molecule has 0 amide bonds. The molecule has 26 heavy (non-hydrogen) atoms. The summed E-state index contributed by atoms with van der Waals surface area (Å²) in [6, 6.07) is 8.56. The highest BCUT2D eigenvalue weighted by Crippen LogP contribution is 2.42. The highest BCUT2D eigenvalue weighted by molar-refractivity contribution is 7.93. The van der Waals surface area contributed by atoms with Crippen LogP contribution in [-0.4, -0.2) is 15.6 Å². The van der Waals surface area contributed by atoms with Gasteiger partial charge in [0.25, 0.3) is 0 Å². The van der Waals surface area contributed by atoms with E-state index in [9.17, 15) is 13.7 Å². The standard InChI is InChI=1S/C18H14FN3O3S/c1-26(24,22-10-21)17-5-4-16(14-2-3-15(23)18(14)17)25-13-7-11(9-20)6-12(19)8-13/h4-8,15,23H,2-3H2,1H3/t15-,26?/m1/s1. The maximum atomic E-state index is 13.6. The third-order valence-corrected chi connectivity index (χ3v) is 5.73. The average Bonchev–Trinajstić information content (AvgIpc) is 2.97. The van der Waals surface area contributed by atoms with Gasteiger partial charge in [0.1, 0.15) is 17.3 Å². The smallest absolute Gasteiger partial charge is 0.214 e. The number of nitrogens with zero attached hydrogens (tertiary/aromatic N) is 3. The minimum absolute atomic E-state index is 0.123. The van der Waals surface area contributed by atoms with Crippen LogP contribution in [0.2, 0.25) is 0 Å². The van der Waals surface area contributed by atoms with Crippen molar-refractivity contribution in [2.45, 2.75) is 23.8 Å². The monoisotopic (exact) mass is 371 g/mol. The number of nitriles is 2. The number of halogens is 1. The molecular formula is C18H14FN3O3S. The van der Waals surface area contributed by atoms with Crippen molar-refractivity contribution in [2.24, 2.45) is 4.36 Å². The molecule has 2 aromatic rings. The first-order valence-electron chi connectivity index (χ1n) is 7.68. The minimum atomic E-state index is -2.98. The molecule has 0 bridgehead atoms. The lowest BCUT2D eigenvalue weighted by Gasteiger charge is -2.16. The number of hydrogen-bond acceptors (Lipinski definition) is 6. The Morgan fingerprint density at radius 1 is 1.35 bits per heavy atom. The number of ether oxygens (including phenoxy) is 1. The van der Waals surface area contributed by atoms with Gasteiger partial charge in [-0.2, -0.15) is 10.5 Å². The third kappa shape index (κ3) is 3.25. The molecule has 0 heterocycles. The number of fused-ring (bicyclic) bond motifs is 1. The first-order chi connectivity index (χ1) is 12.4. The van der Waals surface area contributed by atoms with Crippen molar-refractivity contribution in [3.63, 3.8) is 0 Å². The second kappa shape index (κ2) is 6.75. The maximum Gasteiger partial charge on any atom is 0.214 e. The lowest BCUT2D eigenvalue weighted by molar-refractivity contribution is 0.177. The van der Waals surface area contributed by atoms with Crippen molar-refractivity contribution in [1.82, 2.24) is 0 Å². The van der Waals surface area contributed by atoms with Crippen LogP contribution in [0.1, 0.15) is 29.2 Å². The molecule has 6 nitrogen and oxygen atoms in total. The zero-order chi connectivity index (χ0) is 18.9. The van der Waals surface area contributed by atoms with Crippen LogP contribution in [0.25, 0.3) is 0 Å². The number of benzene rings is 2. The topological polar surface area (TPSA) is 106 Å². The summed E-state index contributed by atoms with van der Waals surface area (Å²) >= 11 is 0. The second-order valence-corrected chi connectivity index (χ2v) is 8.12. The molecule has 1 N–H and O–H groups in total. The van der Waals surface area contributed by atoms with Crippen LogP contribution in [0.5, 0.6) is 11.5 Å². The Labute approximate surface area is 150 Å². The highest BCUT2D eigenvalue weighted by Gasteiger charge is 2.30. The number of aliphatic hydroxyl groups is 1. The molecule has 0 radical (unpaired) electrons. The van der Waals surface area contributed by atoms with E-state index in [-0.39, 0.29) is 11.3 Å². The SMILES string of the molecule is CS(=O)(=NC#N)c1ccc(Oc2cc(F)cc(C#N)c2)c2c1[C@H](O)CC2. The summed E-state index contributed by atoms with van der Waals surface area (Å²) in [5.41, 5.74) is 1.20. The average molecular weight is 371 g/mol. The van der Waals surface area contributed by atoms with E-state index < -0.39 is 21.7 Å². The van der Waals surface area contributed by atoms with Gasteiger partial charge >= 0.3 is 0 Å². The fourth-order valence-corrected chi connectivity index (χ4v) is 4.28. The Hall–Kier alpha value is -2.94. The van der Waals surface area contributed by atoms with Crippen molar-refractivity contribution in [3.8, 4) is 23.8 Å². The van der Waals surface area contributed by atoms with Gasteiger partial charge in [-0.05, 0) is 37.1 Å². The van der Waals surface area contributed by atoms with Crippen LogP contribution >= 0.6 is 0 Å². The fourth-order valence-electron chi connectivity index (χ4n) is 3.04. The largest absolute Gasteiger partial charge is 0.457 e. The Balaban J connectivity index is 2.11. The van der Waals surface area contributed by atoms with Gasteiger partial charge < -0.3 is 9.84 Å². The molecule has 1 aliphatic carbocycles. The van der Waals surface area contributed by atoms with Crippen LogP contribution in [0, 0.1) is 28.6 Å². The van der Waals surface area contributed by atoms with E-state index in [0.717, 1.165) is 12.1 Å². The van der Waals surface area contributed by atoms with Crippen molar-refractivity contribution >= 4 is 9.73 Å². The zero-order valence-electron chi connectivity index (χ0n) is 13.8. The third-order valence-electron chi connectivity index (χ3n) is 4.13. The van der Waals surface area contributed by atoms with E-state index in [2.05, 4.69) is 4.36 Å².